The number of amides is 3. The fourth-order valence-corrected chi connectivity index (χ4v) is 1.15. The van der Waals surface area contributed by atoms with Gasteiger partial charge in [-0.25, -0.2) is 14.9 Å². The zero-order valence-electron chi connectivity index (χ0n) is 10.5. The van der Waals surface area contributed by atoms with Crippen molar-refractivity contribution in [1.29, 1.82) is 0 Å². The van der Waals surface area contributed by atoms with Crippen LogP contribution in [0.25, 0.3) is 0 Å². The second-order valence-electron chi connectivity index (χ2n) is 3.89. The summed E-state index contributed by atoms with van der Waals surface area (Å²) in [6, 6.07) is 7.96. The molecule has 0 unspecified atom stereocenters. The summed E-state index contributed by atoms with van der Waals surface area (Å²) in [5.41, 5.74) is 0. The van der Waals surface area contributed by atoms with Crippen molar-refractivity contribution in [3.63, 3.8) is 0 Å². The van der Waals surface area contributed by atoms with Gasteiger partial charge >= 0.3 is 12.1 Å². The van der Waals surface area contributed by atoms with Crippen molar-refractivity contribution < 1.29 is 14.3 Å². The van der Waals surface area contributed by atoms with E-state index in [0.717, 1.165) is 0 Å². The second-order valence-corrected chi connectivity index (χ2v) is 3.89. The normalized spacial score (nSPS) is 9.94. The zero-order chi connectivity index (χ0) is 13.4. The molecule has 0 aromatic heterocycles. The Hall–Kier alpha value is -2.08. The fraction of sp³-hybridized carbons (Fsp3) is 0.333. The number of hydrogen-bond donors (Lipinski definition) is 2. The number of likely N-dealkylation sites (N-methyl/N-ethyl adjacent to an activating group) is 1. The highest BCUT2D eigenvalue weighted by Crippen LogP contribution is 2.07. The predicted molar refractivity (Wildman–Crippen MR) is 67.6 cm³/mol. The van der Waals surface area contributed by atoms with Crippen molar-refractivity contribution in [2.75, 3.05) is 27.2 Å². The van der Waals surface area contributed by atoms with Crippen LogP contribution in [-0.4, -0.2) is 44.2 Å². The molecule has 1 aromatic carbocycles. The van der Waals surface area contributed by atoms with E-state index < -0.39 is 12.1 Å². The van der Waals surface area contributed by atoms with Gasteiger partial charge in [0.1, 0.15) is 5.75 Å². The molecule has 3 amide bonds. The summed E-state index contributed by atoms with van der Waals surface area (Å²) in [5, 5.41) is 4.61. The Morgan fingerprint density at radius 1 is 1.22 bits per heavy atom. The lowest BCUT2D eigenvalue weighted by Crippen LogP contribution is -2.43. The maximum Gasteiger partial charge on any atom is 0.420 e. The molecule has 0 aliphatic rings. The zero-order valence-corrected chi connectivity index (χ0v) is 10.5. The molecule has 0 fully saturated rings. The molecule has 2 N–H and O–H groups in total. The molecular weight excluding hydrogens is 234 g/mol. The van der Waals surface area contributed by atoms with E-state index in [4.69, 9.17) is 4.74 Å². The Labute approximate surface area is 106 Å². The van der Waals surface area contributed by atoms with Gasteiger partial charge in [-0.2, -0.15) is 0 Å². The topological polar surface area (TPSA) is 70.7 Å². The summed E-state index contributed by atoms with van der Waals surface area (Å²) < 4.78 is 4.89. The van der Waals surface area contributed by atoms with E-state index in [2.05, 4.69) is 10.6 Å². The van der Waals surface area contributed by atoms with E-state index in [-0.39, 0.29) is 0 Å². The van der Waals surface area contributed by atoms with Gasteiger partial charge in [0.25, 0.3) is 0 Å². The van der Waals surface area contributed by atoms with Gasteiger partial charge in [-0.3, -0.25) is 0 Å². The van der Waals surface area contributed by atoms with Crippen molar-refractivity contribution in [3.8, 4) is 5.75 Å². The van der Waals surface area contributed by atoms with Crippen LogP contribution in [0.3, 0.4) is 0 Å². The van der Waals surface area contributed by atoms with E-state index in [1.807, 2.05) is 19.0 Å². The summed E-state index contributed by atoms with van der Waals surface area (Å²) in [5.74, 6) is 0.385. The smallest absolute Gasteiger partial charge is 0.410 e. The molecule has 0 aliphatic heterocycles. The first-order valence-electron chi connectivity index (χ1n) is 5.54. The molecule has 1 aromatic rings. The highest BCUT2D eigenvalue weighted by atomic mass is 16.6. The van der Waals surface area contributed by atoms with Crippen LogP contribution in [0.1, 0.15) is 0 Å². The molecule has 0 atom stereocenters. The second kappa shape index (κ2) is 7.29. The van der Waals surface area contributed by atoms with Crippen molar-refractivity contribution >= 4 is 12.1 Å². The number of para-hydroxylation sites is 1. The maximum absolute atomic E-state index is 11.3. The molecule has 0 radical (unpaired) electrons. The number of benzene rings is 1. The highest BCUT2D eigenvalue weighted by Gasteiger charge is 2.08. The van der Waals surface area contributed by atoms with Gasteiger partial charge in [-0.1, -0.05) is 18.2 Å². The van der Waals surface area contributed by atoms with Crippen LogP contribution in [0.2, 0.25) is 0 Å². The van der Waals surface area contributed by atoms with Gasteiger partial charge in [0, 0.05) is 13.1 Å². The lowest BCUT2D eigenvalue weighted by Gasteiger charge is -2.10. The Balaban J connectivity index is 2.25. The first kappa shape index (κ1) is 14.0. The Morgan fingerprint density at radius 2 is 1.89 bits per heavy atom. The molecule has 0 bridgehead atoms. The van der Waals surface area contributed by atoms with Crippen LogP contribution in [0.15, 0.2) is 30.3 Å². The first-order valence-corrected chi connectivity index (χ1v) is 5.54. The average Bonchev–Trinajstić information content (AvgIpc) is 2.29. The average molecular weight is 251 g/mol. The van der Waals surface area contributed by atoms with Crippen LogP contribution in [0, 0.1) is 0 Å². The lowest BCUT2D eigenvalue weighted by molar-refractivity contribution is 0.197. The van der Waals surface area contributed by atoms with Crippen LogP contribution in [0.4, 0.5) is 9.59 Å². The third kappa shape index (κ3) is 5.86. The van der Waals surface area contributed by atoms with Crippen molar-refractivity contribution in [2.24, 2.45) is 0 Å². The number of hydrogen-bond acceptors (Lipinski definition) is 4. The monoisotopic (exact) mass is 251 g/mol. The van der Waals surface area contributed by atoms with Gasteiger partial charge in [0.2, 0.25) is 0 Å². The maximum atomic E-state index is 11.3. The SMILES string of the molecule is CN(C)CCNC(=O)NC(=O)Oc1ccccc1. The van der Waals surface area contributed by atoms with Crippen molar-refractivity contribution in [1.82, 2.24) is 15.5 Å². The standard InChI is InChI=1S/C12H17N3O3/c1-15(2)9-8-13-11(16)14-12(17)18-10-6-4-3-5-7-10/h3-7H,8-9H2,1-2H3,(H2,13,14,16,17). The number of ether oxygens (including phenoxy) is 1. The van der Waals surface area contributed by atoms with Gasteiger partial charge in [0.05, 0.1) is 0 Å². The molecule has 0 saturated carbocycles. The highest BCUT2D eigenvalue weighted by molar-refractivity contribution is 5.91. The molecule has 0 saturated heterocycles. The minimum absolute atomic E-state index is 0.385. The van der Waals surface area contributed by atoms with Crippen molar-refractivity contribution in [2.45, 2.75) is 0 Å². The summed E-state index contributed by atoms with van der Waals surface area (Å²) in [7, 11) is 3.78. The van der Waals surface area contributed by atoms with Gasteiger partial charge in [-0.15, -0.1) is 0 Å². The number of rotatable bonds is 4. The van der Waals surface area contributed by atoms with E-state index in [1.54, 1.807) is 30.3 Å². The van der Waals surface area contributed by atoms with E-state index in [9.17, 15) is 9.59 Å². The quantitative estimate of drug-likeness (QED) is 0.839. The molecular formula is C12H17N3O3. The van der Waals surface area contributed by atoms with Crippen LogP contribution < -0.4 is 15.4 Å². The van der Waals surface area contributed by atoms with Crippen LogP contribution in [-0.2, 0) is 0 Å². The van der Waals surface area contributed by atoms with Crippen LogP contribution in [0.5, 0.6) is 5.75 Å². The number of carbonyl (C=O) groups is 2. The molecule has 0 aliphatic carbocycles. The Kier molecular flexibility index (Phi) is 5.66. The van der Waals surface area contributed by atoms with Gasteiger partial charge in [0.15, 0.2) is 0 Å². The Bertz CT molecular complexity index is 393. The molecule has 1 rings (SSSR count). The molecule has 98 valence electrons. The van der Waals surface area contributed by atoms with E-state index >= 15 is 0 Å². The molecule has 6 heteroatoms. The van der Waals surface area contributed by atoms with E-state index in [1.165, 1.54) is 0 Å². The largest absolute Gasteiger partial charge is 0.420 e. The minimum atomic E-state index is -0.802. The fourth-order valence-electron chi connectivity index (χ4n) is 1.15. The molecule has 18 heavy (non-hydrogen) atoms. The Morgan fingerprint density at radius 3 is 2.50 bits per heavy atom. The summed E-state index contributed by atoms with van der Waals surface area (Å²) in [6.07, 6.45) is -0.802. The molecule has 0 heterocycles. The summed E-state index contributed by atoms with van der Waals surface area (Å²) in [4.78, 5) is 24.5. The van der Waals surface area contributed by atoms with Gasteiger partial charge < -0.3 is 15.0 Å². The number of nitrogens with one attached hydrogen (secondary N) is 2. The van der Waals surface area contributed by atoms with E-state index in [0.29, 0.717) is 18.8 Å². The first-order chi connectivity index (χ1) is 8.58. The third-order valence-corrected chi connectivity index (χ3v) is 2.01. The number of urea groups is 1. The molecule has 0 spiro atoms. The third-order valence-electron chi connectivity index (χ3n) is 2.01. The predicted octanol–water partition coefficient (Wildman–Crippen LogP) is 1.05. The minimum Gasteiger partial charge on any atom is -0.410 e. The number of nitrogens with zero attached hydrogens (tertiary/aromatic N) is 1. The van der Waals surface area contributed by atoms with Gasteiger partial charge in [-0.05, 0) is 26.2 Å². The lowest BCUT2D eigenvalue weighted by atomic mass is 10.3. The number of carbonyl (C=O) groups excluding carboxylic acids is 2. The number of imide groups is 1. The molecule has 6 nitrogen and oxygen atoms in total. The van der Waals surface area contributed by atoms with Crippen LogP contribution >= 0.6 is 0 Å². The summed E-state index contributed by atoms with van der Waals surface area (Å²) >= 11 is 0. The van der Waals surface area contributed by atoms with Crippen molar-refractivity contribution in [3.05, 3.63) is 30.3 Å². The summed E-state index contributed by atoms with van der Waals surface area (Å²) in [6.45, 7) is 1.15.